The molecule has 6 nitrogen and oxygen atoms in total. The van der Waals surface area contributed by atoms with E-state index in [0.29, 0.717) is 6.54 Å². The first kappa shape index (κ1) is 20.4. The van der Waals surface area contributed by atoms with Gasteiger partial charge in [0.1, 0.15) is 11.9 Å². The third-order valence-electron chi connectivity index (χ3n) is 4.78. The van der Waals surface area contributed by atoms with Crippen molar-refractivity contribution in [3.8, 4) is 0 Å². The molecule has 1 aliphatic rings. The van der Waals surface area contributed by atoms with E-state index in [1.165, 1.54) is 23.5 Å². The summed E-state index contributed by atoms with van der Waals surface area (Å²) in [6.45, 7) is 1.00. The zero-order valence-corrected chi connectivity index (χ0v) is 16.4. The lowest BCUT2D eigenvalue weighted by molar-refractivity contribution is -0.145. The van der Waals surface area contributed by atoms with Gasteiger partial charge in [-0.05, 0) is 23.3 Å². The first-order chi connectivity index (χ1) is 13.4. The van der Waals surface area contributed by atoms with Gasteiger partial charge in [-0.3, -0.25) is 9.69 Å². The monoisotopic (exact) mass is 406 g/mol. The van der Waals surface area contributed by atoms with Gasteiger partial charge in [0.05, 0.1) is 12.9 Å². The number of ether oxygens (including phenoxy) is 1. The number of rotatable bonds is 5. The van der Waals surface area contributed by atoms with E-state index >= 15 is 0 Å². The second-order valence-electron chi connectivity index (χ2n) is 6.75. The Morgan fingerprint density at radius 2 is 1.71 bits per heavy atom. The van der Waals surface area contributed by atoms with Crippen molar-refractivity contribution in [3.05, 3.63) is 71.5 Å². The molecule has 0 radical (unpaired) electrons. The summed E-state index contributed by atoms with van der Waals surface area (Å²) in [5.74, 6) is -1.02. The van der Waals surface area contributed by atoms with E-state index in [-0.39, 0.29) is 31.2 Å². The van der Waals surface area contributed by atoms with Crippen LogP contribution in [0.3, 0.4) is 0 Å². The van der Waals surface area contributed by atoms with Crippen LogP contribution in [0.15, 0.2) is 54.6 Å². The number of hydrogen-bond acceptors (Lipinski definition) is 5. The molecule has 28 heavy (non-hydrogen) atoms. The number of sulfonamides is 1. The normalized spacial score (nSPS) is 20.4. The van der Waals surface area contributed by atoms with E-state index in [4.69, 9.17) is 4.74 Å². The van der Waals surface area contributed by atoms with Gasteiger partial charge in [-0.1, -0.05) is 42.5 Å². The number of methoxy groups -OCH3 is 1. The number of carbonyl (C=O) groups is 1. The zero-order chi connectivity index (χ0) is 20.1. The molecule has 0 bridgehead atoms. The van der Waals surface area contributed by atoms with Crippen LogP contribution in [0.4, 0.5) is 4.39 Å². The van der Waals surface area contributed by atoms with Crippen LogP contribution in [0, 0.1) is 5.82 Å². The number of esters is 1. The maximum absolute atomic E-state index is 13.1. The fourth-order valence-electron chi connectivity index (χ4n) is 3.27. The lowest BCUT2D eigenvalue weighted by Gasteiger charge is -2.28. The first-order valence-electron chi connectivity index (χ1n) is 8.97. The Balaban J connectivity index is 1.86. The van der Waals surface area contributed by atoms with Crippen molar-refractivity contribution >= 4 is 16.0 Å². The fraction of sp³-hybridized carbons (Fsp3) is 0.350. The molecule has 1 aliphatic heterocycles. The predicted molar refractivity (Wildman–Crippen MR) is 103 cm³/mol. The molecule has 1 unspecified atom stereocenters. The zero-order valence-electron chi connectivity index (χ0n) is 15.6. The summed E-state index contributed by atoms with van der Waals surface area (Å²) in [5.41, 5.74) is 1.64. The number of hydrogen-bond donors (Lipinski definition) is 0. The van der Waals surface area contributed by atoms with Crippen LogP contribution < -0.4 is 0 Å². The van der Waals surface area contributed by atoms with E-state index in [2.05, 4.69) is 0 Å². The van der Waals surface area contributed by atoms with Gasteiger partial charge >= 0.3 is 5.97 Å². The summed E-state index contributed by atoms with van der Waals surface area (Å²) < 4.78 is 45.1. The molecular weight excluding hydrogens is 383 g/mol. The van der Waals surface area contributed by atoms with Crippen LogP contribution in [0.2, 0.25) is 0 Å². The van der Waals surface area contributed by atoms with Gasteiger partial charge in [0.25, 0.3) is 0 Å². The lowest BCUT2D eigenvalue weighted by atomic mass is 10.1. The van der Waals surface area contributed by atoms with E-state index in [0.717, 1.165) is 11.1 Å². The minimum absolute atomic E-state index is 0.103. The van der Waals surface area contributed by atoms with Gasteiger partial charge in [-0.2, -0.15) is 4.31 Å². The van der Waals surface area contributed by atoms with Gasteiger partial charge in [-0.15, -0.1) is 0 Å². The van der Waals surface area contributed by atoms with Crippen LogP contribution in [0.5, 0.6) is 0 Å². The van der Waals surface area contributed by atoms with Gasteiger partial charge in [-0.25, -0.2) is 12.8 Å². The highest BCUT2D eigenvalue weighted by molar-refractivity contribution is 7.89. The smallest absolute Gasteiger partial charge is 0.325 e. The Labute approximate surface area is 164 Å². The SMILES string of the molecule is COC(=O)C1CN(Cc2ccc(F)cc2)CCS(=O)(=O)N1Cc1ccccc1. The third kappa shape index (κ3) is 4.95. The van der Waals surface area contributed by atoms with Crippen molar-refractivity contribution in [2.24, 2.45) is 0 Å². The van der Waals surface area contributed by atoms with Crippen molar-refractivity contribution in [1.29, 1.82) is 0 Å². The van der Waals surface area contributed by atoms with Gasteiger partial charge in [0, 0.05) is 26.2 Å². The molecule has 0 spiro atoms. The maximum atomic E-state index is 13.1. The van der Waals surface area contributed by atoms with E-state index in [1.807, 2.05) is 35.2 Å². The molecule has 0 saturated carbocycles. The van der Waals surface area contributed by atoms with Crippen LogP contribution in [0.25, 0.3) is 0 Å². The Morgan fingerprint density at radius 3 is 2.36 bits per heavy atom. The average Bonchev–Trinajstić information content (AvgIpc) is 2.81. The Bertz CT molecular complexity index is 904. The Kier molecular flexibility index (Phi) is 6.43. The van der Waals surface area contributed by atoms with Gasteiger partial charge in [0.15, 0.2) is 0 Å². The third-order valence-corrected chi connectivity index (χ3v) is 6.57. The highest BCUT2D eigenvalue weighted by Gasteiger charge is 2.39. The van der Waals surface area contributed by atoms with E-state index in [1.54, 1.807) is 12.1 Å². The Morgan fingerprint density at radius 1 is 1.07 bits per heavy atom. The van der Waals surface area contributed by atoms with Gasteiger partial charge in [0.2, 0.25) is 10.0 Å². The van der Waals surface area contributed by atoms with Crippen LogP contribution in [-0.4, -0.2) is 55.6 Å². The highest BCUT2D eigenvalue weighted by Crippen LogP contribution is 2.21. The van der Waals surface area contributed by atoms with E-state index in [9.17, 15) is 17.6 Å². The van der Waals surface area contributed by atoms with Crippen molar-refractivity contribution in [2.45, 2.75) is 19.1 Å². The molecule has 2 aromatic rings. The molecule has 0 N–H and O–H groups in total. The molecule has 1 heterocycles. The largest absolute Gasteiger partial charge is 0.468 e. The van der Waals surface area contributed by atoms with Crippen LogP contribution in [-0.2, 0) is 32.6 Å². The summed E-state index contributed by atoms with van der Waals surface area (Å²) >= 11 is 0. The molecule has 2 aromatic carbocycles. The van der Waals surface area contributed by atoms with Gasteiger partial charge < -0.3 is 4.74 Å². The molecular formula is C20H23FN2O4S. The number of carbonyl (C=O) groups excluding carboxylic acids is 1. The highest BCUT2D eigenvalue weighted by atomic mass is 32.2. The molecule has 8 heteroatoms. The second-order valence-corrected chi connectivity index (χ2v) is 8.79. The maximum Gasteiger partial charge on any atom is 0.325 e. The second kappa shape index (κ2) is 8.81. The minimum atomic E-state index is -3.66. The van der Waals surface area contributed by atoms with Crippen molar-refractivity contribution in [1.82, 2.24) is 9.21 Å². The number of nitrogens with zero attached hydrogens (tertiary/aromatic N) is 2. The molecule has 3 rings (SSSR count). The minimum Gasteiger partial charge on any atom is -0.468 e. The fourth-order valence-corrected chi connectivity index (χ4v) is 4.88. The standard InChI is InChI=1S/C20H23FN2O4S/c1-27-20(24)19-15-22(13-17-7-9-18(21)10-8-17)11-12-28(25,26)23(19)14-16-5-3-2-4-6-16/h2-10,19H,11-15H2,1H3. The summed E-state index contributed by atoms with van der Waals surface area (Å²) in [4.78, 5) is 14.3. The molecule has 1 fully saturated rings. The lowest BCUT2D eigenvalue weighted by Crippen LogP contribution is -2.48. The van der Waals surface area contributed by atoms with Crippen LogP contribution >= 0.6 is 0 Å². The van der Waals surface area contributed by atoms with Crippen LogP contribution in [0.1, 0.15) is 11.1 Å². The number of halogens is 1. The summed E-state index contributed by atoms with van der Waals surface area (Å²) in [6.07, 6.45) is 0. The molecule has 150 valence electrons. The number of benzene rings is 2. The molecule has 1 saturated heterocycles. The summed E-state index contributed by atoms with van der Waals surface area (Å²) in [6, 6.07) is 14.2. The summed E-state index contributed by atoms with van der Waals surface area (Å²) in [7, 11) is -2.41. The molecule has 0 aromatic heterocycles. The molecule has 0 aliphatic carbocycles. The average molecular weight is 406 g/mol. The first-order valence-corrected chi connectivity index (χ1v) is 10.6. The van der Waals surface area contributed by atoms with Crippen molar-refractivity contribution < 1.29 is 22.3 Å². The topological polar surface area (TPSA) is 66.9 Å². The predicted octanol–water partition coefficient (Wildman–Crippen LogP) is 2.01. The Hall–Kier alpha value is -2.29. The molecule has 1 atom stereocenters. The van der Waals surface area contributed by atoms with E-state index < -0.39 is 22.0 Å². The van der Waals surface area contributed by atoms with Crippen molar-refractivity contribution in [3.63, 3.8) is 0 Å². The quantitative estimate of drug-likeness (QED) is 0.711. The molecule has 0 amide bonds. The summed E-state index contributed by atoms with van der Waals surface area (Å²) in [5, 5.41) is 0. The van der Waals surface area contributed by atoms with Crippen molar-refractivity contribution in [2.75, 3.05) is 26.0 Å².